The van der Waals surface area contributed by atoms with Crippen LogP contribution in [0.2, 0.25) is 0 Å². The van der Waals surface area contributed by atoms with Crippen molar-refractivity contribution < 1.29 is 0 Å². The summed E-state index contributed by atoms with van der Waals surface area (Å²) in [4.78, 5) is 0.753. The summed E-state index contributed by atoms with van der Waals surface area (Å²) in [5, 5.41) is 20.8. The van der Waals surface area contributed by atoms with E-state index in [2.05, 4.69) is 37.6 Å². The SMILES string of the molecule is Cc1cc(-c2nnc3sc(C=Cc4ccccc4)nn23)n[nH]1. The molecule has 0 aliphatic heterocycles. The molecular formula is C15H12N6S. The molecule has 0 radical (unpaired) electrons. The number of nitrogens with one attached hydrogen (secondary N) is 1. The van der Waals surface area contributed by atoms with Gasteiger partial charge >= 0.3 is 0 Å². The number of rotatable bonds is 3. The lowest BCUT2D eigenvalue weighted by molar-refractivity contribution is 0.943. The number of nitrogens with zero attached hydrogens (tertiary/aromatic N) is 5. The fraction of sp³-hybridized carbons (Fsp3) is 0.0667. The maximum atomic E-state index is 4.54. The Morgan fingerprint density at radius 1 is 1.14 bits per heavy atom. The Kier molecular flexibility index (Phi) is 3.05. The number of aromatic nitrogens is 6. The predicted molar refractivity (Wildman–Crippen MR) is 86.3 cm³/mol. The summed E-state index contributed by atoms with van der Waals surface area (Å²) in [5.74, 6) is 0.648. The minimum Gasteiger partial charge on any atom is -0.282 e. The fourth-order valence-electron chi connectivity index (χ4n) is 2.12. The highest BCUT2D eigenvalue weighted by molar-refractivity contribution is 7.17. The van der Waals surface area contributed by atoms with E-state index >= 15 is 0 Å². The zero-order valence-corrected chi connectivity index (χ0v) is 12.6. The molecule has 7 heteroatoms. The van der Waals surface area contributed by atoms with Gasteiger partial charge in [0.05, 0.1) is 0 Å². The number of hydrogen-bond donors (Lipinski definition) is 1. The molecule has 0 atom stereocenters. The quantitative estimate of drug-likeness (QED) is 0.631. The molecule has 6 nitrogen and oxygen atoms in total. The van der Waals surface area contributed by atoms with E-state index in [0.29, 0.717) is 5.82 Å². The molecule has 0 aliphatic carbocycles. The lowest BCUT2D eigenvalue weighted by Crippen LogP contribution is -1.90. The Morgan fingerprint density at radius 3 is 2.77 bits per heavy atom. The van der Waals surface area contributed by atoms with Crippen LogP contribution in [0.1, 0.15) is 16.3 Å². The molecule has 0 saturated carbocycles. The molecule has 0 unspecified atom stereocenters. The highest BCUT2D eigenvalue weighted by atomic mass is 32.1. The zero-order valence-electron chi connectivity index (χ0n) is 11.8. The van der Waals surface area contributed by atoms with Crippen molar-refractivity contribution in [1.29, 1.82) is 0 Å². The van der Waals surface area contributed by atoms with Crippen LogP contribution in [0.15, 0.2) is 36.4 Å². The smallest absolute Gasteiger partial charge is 0.235 e. The minimum absolute atomic E-state index is 0.648. The van der Waals surface area contributed by atoms with Crippen molar-refractivity contribution in [3.05, 3.63) is 52.7 Å². The van der Waals surface area contributed by atoms with E-state index < -0.39 is 0 Å². The first-order chi connectivity index (χ1) is 10.8. The third-order valence-electron chi connectivity index (χ3n) is 3.16. The van der Waals surface area contributed by atoms with Crippen molar-refractivity contribution in [2.24, 2.45) is 0 Å². The van der Waals surface area contributed by atoms with Crippen LogP contribution in [0.5, 0.6) is 0 Å². The number of aromatic amines is 1. The number of H-pyrrole nitrogens is 1. The molecule has 0 saturated heterocycles. The maximum absolute atomic E-state index is 4.54. The van der Waals surface area contributed by atoms with Crippen LogP contribution in [0, 0.1) is 6.92 Å². The summed E-state index contributed by atoms with van der Waals surface area (Å²) in [6, 6.07) is 12.0. The molecule has 0 fully saturated rings. The van der Waals surface area contributed by atoms with Gasteiger partial charge in [-0.15, -0.1) is 10.2 Å². The van der Waals surface area contributed by atoms with Crippen molar-refractivity contribution >= 4 is 28.4 Å². The highest BCUT2D eigenvalue weighted by Crippen LogP contribution is 2.21. The van der Waals surface area contributed by atoms with Crippen LogP contribution in [0.25, 0.3) is 28.6 Å². The molecule has 3 heterocycles. The van der Waals surface area contributed by atoms with Crippen LogP contribution in [0.4, 0.5) is 0 Å². The van der Waals surface area contributed by atoms with Crippen LogP contribution >= 0.6 is 11.3 Å². The first kappa shape index (κ1) is 12.9. The second-order valence-electron chi connectivity index (χ2n) is 4.84. The summed E-state index contributed by atoms with van der Waals surface area (Å²) in [6.07, 6.45) is 4.01. The molecule has 0 aliphatic rings. The molecule has 0 amide bonds. The van der Waals surface area contributed by atoms with E-state index in [9.17, 15) is 0 Å². The molecule has 0 bridgehead atoms. The normalized spacial score (nSPS) is 11.7. The lowest BCUT2D eigenvalue weighted by Gasteiger charge is -1.90. The molecule has 22 heavy (non-hydrogen) atoms. The molecule has 0 spiro atoms. The highest BCUT2D eigenvalue weighted by Gasteiger charge is 2.14. The second-order valence-corrected chi connectivity index (χ2v) is 5.83. The third kappa shape index (κ3) is 2.31. The van der Waals surface area contributed by atoms with Gasteiger partial charge in [0.15, 0.2) is 0 Å². The van der Waals surface area contributed by atoms with Crippen molar-refractivity contribution in [2.45, 2.75) is 6.92 Å². The Bertz CT molecular complexity index is 947. The number of benzene rings is 1. The van der Waals surface area contributed by atoms with Gasteiger partial charge in [0.25, 0.3) is 0 Å². The minimum atomic E-state index is 0.648. The predicted octanol–water partition coefficient (Wildman–Crippen LogP) is 3.05. The van der Waals surface area contributed by atoms with Gasteiger partial charge in [-0.2, -0.15) is 14.7 Å². The monoisotopic (exact) mass is 308 g/mol. The number of hydrogen-bond acceptors (Lipinski definition) is 5. The van der Waals surface area contributed by atoms with Crippen LogP contribution in [0.3, 0.4) is 0 Å². The molecule has 4 aromatic rings. The van der Waals surface area contributed by atoms with E-state index in [0.717, 1.165) is 26.9 Å². The molecule has 1 N–H and O–H groups in total. The van der Waals surface area contributed by atoms with Gasteiger partial charge in [-0.1, -0.05) is 47.7 Å². The summed E-state index contributed by atoms with van der Waals surface area (Å²) in [6.45, 7) is 1.95. The van der Waals surface area contributed by atoms with E-state index in [1.54, 1.807) is 4.52 Å². The Balaban J connectivity index is 1.70. The van der Waals surface area contributed by atoms with Gasteiger partial charge in [-0.25, -0.2) is 0 Å². The topological polar surface area (TPSA) is 71.8 Å². The standard InChI is InChI=1S/C15H12N6S/c1-10-9-12(17-16-10)14-18-19-15-21(14)20-13(22-15)8-7-11-5-3-2-4-6-11/h2-9H,1H3,(H,16,17). The van der Waals surface area contributed by atoms with Gasteiger partial charge in [-0.05, 0) is 24.6 Å². The van der Waals surface area contributed by atoms with Crippen LogP contribution in [-0.2, 0) is 0 Å². The van der Waals surface area contributed by atoms with Crippen LogP contribution in [-0.4, -0.2) is 30.0 Å². The summed E-state index contributed by atoms with van der Waals surface area (Å²) in [7, 11) is 0. The van der Waals surface area contributed by atoms with Gasteiger partial charge in [0, 0.05) is 5.69 Å². The fourth-order valence-corrected chi connectivity index (χ4v) is 2.86. The molecule has 3 aromatic heterocycles. The van der Waals surface area contributed by atoms with Gasteiger partial charge in [0.2, 0.25) is 10.8 Å². The van der Waals surface area contributed by atoms with Crippen molar-refractivity contribution in [1.82, 2.24) is 30.0 Å². The van der Waals surface area contributed by atoms with Crippen LogP contribution < -0.4 is 0 Å². The Hall–Kier alpha value is -2.80. The number of fused-ring (bicyclic) bond motifs is 1. The van der Waals surface area contributed by atoms with Crippen molar-refractivity contribution in [2.75, 3.05) is 0 Å². The van der Waals surface area contributed by atoms with Gasteiger partial charge in [0.1, 0.15) is 10.7 Å². The van der Waals surface area contributed by atoms with E-state index in [1.165, 1.54) is 11.3 Å². The largest absolute Gasteiger partial charge is 0.282 e. The summed E-state index contributed by atoms with van der Waals surface area (Å²) < 4.78 is 1.73. The first-order valence-corrected chi connectivity index (χ1v) is 7.59. The Labute approximate surface area is 130 Å². The average Bonchev–Trinajstić information content (AvgIpc) is 3.21. The Morgan fingerprint density at radius 2 is 2.00 bits per heavy atom. The first-order valence-electron chi connectivity index (χ1n) is 6.77. The molecular weight excluding hydrogens is 296 g/mol. The summed E-state index contributed by atoms with van der Waals surface area (Å²) in [5.41, 5.74) is 2.86. The molecule has 108 valence electrons. The molecule has 1 aromatic carbocycles. The number of aryl methyl sites for hydroxylation is 1. The van der Waals surface area contributed by atoms with Crippen molar-refractivity contribution in [3.63, 3.8) is 0 Å². The van der Waals surface area contributed by atoms with E-state index in [1.807, 2.05) is 43.3 Å². The lowest BCUT2D eigenvalue weighted by atomic mass is 10.2. The van der Waals surface area contributed by atoms with Gasteiger partial charge in [-0.3, -0.25) is 5.10 Å². The third-order valence-corrected chi connectivity index (χ3v) is 4.02. The zero-order chi connectivity index (χ0) is 14.9. The van der Waals surface area contributed by atoms with Gasteiger partial charge < -0.3 is 0 Å². The second kappa shape index (κ2) is 5.19. The molecule has 4 rings (SSSR count). The van der Waals surface area contributed by atoms with E-state index in [-0.39, 0.29) is 0 Å². The maximum Gasteiger partial charge on any atom is 0.235 e. The van der Waals surface area contributed by atoms with E-state index in [4.69, 9.17) is 0 Å². The van der Waals surface area contributed by atoms with Crippen molar-refractivity contribution in [3.8, 4) is 11.5 Å². The summed E-state index contributed by atoms with van der Waals surface area (Å²) >= 11 is 1.49. The average molecular weight is 308 g/mol.